The van der Waals surface area contributed by atoms with Gasteiger partial charge < -0.3 is 10.4 Å². The summed E-state index contributed by atoms with van der Waals surface area (Å²) in [5.41, 5.74) is 0. The Bertz CT molecular complexity index is 350. The maximum absolute atomic E-state index is 10.9. The van der Waals surface area contributed by atoms with E-state index in [0.717, 1.165) is 16.4 Å². The van der Waals surface area contributed by atoms with E-state index in [9.17, 15) is 4.79 Å². The number of hydrogen-bond donors (Lipinski definition) is 2. The van der Waals surface area contributed by atoms with Gasteiger partial charge in [-0.3, -0.25) is 4.79 Å². The minimum absolute atomic E-state index is 0.0429. The first-order valence-electron chi connectivity index (χ1n) is 4.57. The molecule has 4 nitrogen and oxygen atoms in total. The lowest BCUT2D eigenvalue weighted by Crippen LogP contribution is -2.22. The second-order valence-electron chi connectivity index (χ2n) is 3.45. The standard InChI is InChI=1S/C9H12N2O2S/c1-5-11-4-7(14-5)8-6(9(12)13)2-3-10-8/h4,6,8,10H,2-3H2,1H3,(H,12,13). The van der Waals surface area contributed by atoms with E-state index in [1.54, 1.807) is 17.5 Å². The van der Waals surface area contributed by atoms with Crippen molar-refractivity contribution in [3.05, 3.63) is 16.1 Å². The summed E-state index contributed by atoms with van der Waals surface area (Å²) in [6.45, 7) is 2.71. The summed E-state index contributed by atoms with van der Waals surface area (Å²) < 4.78 is 0. The number of nitrogens with one attached hydrogen (secondary N) is 1. The topological polar surface area (TPSA) is 62.2 Å². The van der Waals surface area contributed by atoms with E-state index < -0.39 is 5.97 Å². The number of thiazole rings is 1. The molecule has 1 fully saturated rings. The quantitative estimate of drug-likeness (QED) is 0.773. The molecule has 76 valence electrons. The van der Waals surface area contributed by atoms with Gasteiger partial charge in [-0.25, -0.2) is 4.98 Å². The molecule has 0 saturated carbocycles. The Hall–Kier alpha value is -0.940. The number of rotatable bonds is 2. The van der Waals surface area contributed by atoms with Crippen molar-refractivity contribution in [3.63, 3.8) is 0 Å². The summed E-state index contributed by atoms with van der Waals surface area (Å²) in [5, 5.41) is 13.2. The van der Waals surface area contributed by atoms with Crippen LogP contribution in [0.2, 0.25) is 0 Å². The average molecular weight is 212 g/mol. The van der Waals surface area contributed by atoms with Gasteiger partial charge in [0.15, 0.2) is 0 Å². The van der Waals surface area contributed by atoms with Crippen molar-refractivity contribution in [1.82, 2.24) is 10.3 Å². The van der Waals surface area contributed by atoms with Crippen LogP contribution < -0.4 is 5.32 Å². The Morgan fingerprint density at radius 3 is 3.14 bits per heavy atom. The van der Waals surface area contributed by atoms with Crippen molar-refractivity contribution in [3.8, 4) is 0 Å². The van der Waals surface area contributed by atoms with Gasteiger partial charge in [0.2, 0.25) is 0 Å². The van der Waals surface area contributed by atoms with Gasteiger partial charge in [0, 0.05) is 11.1 Å². The number of nitrogens with zero attached hydrogens (tertiary/aromatic N) is 1. The van der Waals surface area contributed by atoms with Crippen LogP contribution in [0, 0.1) is 12.8 Å². The largest absolute Gasteiger partial charge is 0.481 e. The zero-order valence-corrected chi connectivity index (χ0v) is 8.67. The summed E-state index contributed by atoms with van der Waals surface area (Å²) in [6.07, 6.45) is 2.48. The number of aliphatic carboxylic acids is 1. The van der Waals surface area contributed by atoms with Gasteiger partial charge in [0.05, 0.1) is 17.0 Å². The number of carboxylic acids is 1. The van der Waals surface area contributed by atoms with E-state index in [0.29, 0.717) is 6.42 Å². The van der Waals surface area contributed by atoms with E-state index in [2.05, 4.69) is 10.3 Å². The molecule has 0 radical (unpaired) electrons. The zero-order valence-electron chi connectivity index (χ0n) is 7.86. The molecule has 0 amide bonds. The number of aryl methyl sites for hydroxylation is 1. The van der Waals surface area contributed by atoms with Crippen molar-refractivity contribution in [2.75, 3.05) is 6.54 Å². The third-order valence-corrected chi connectivity index (χ3v) is 3.48. The molecule has 1 aliphatic heterocycles. The van der Waals surface area contributed by atoms with Crippen LogP contribution in [0.15, 0.2) is 6.20 Å². The fourth-order valence-corrected chi connectivity index (χ4v) is 2.72. The highest BCUT2D eigenvalue weighted by atomic mass is 32.1. The van der Waals surface area contributed by atoms with Crippen LogP contribution in [0.5, 0.6) is 0 Å². The summed E-state index contributed by atoms with van der Waals surface area (Å²) in [5.74, 6) is -1.01. The second kappa shape index (κ2) is 3.67. The second-order valence-corrected chi connectivity index (χ2v) is 4.71. The van der Waals surface area contributed by atoms with Gasteiger partial charge in [-0.15, -0.1) is 11.3 Å². The number of carboxylic acid groups (broad SMARTS) is 1. The van der Waals surface area contributed by atoms with Crippen LogP contribution in [-0.2, 0) is 4.79 Å². The van der Waals surface area contributed by atoms with Gasteiger partial charge >= 0.3 is 5.97 Å². The first-order valence-corrected chi connectivity index (χ1v) is 5.38. The minimum atomic E-state index is -0.717. The molecular formula is C9H12N2O2S. The summed E-state index contributed by atoms with van der Waals surface area (Å²) in [7, 11) is 0. The number of aromatic nitrogens is 1. The molecule has 1 aromatic heterocycles. The predicted molar refractivity (Wildman–Crippen MR) is 53.3 cm³/mol. The smallest absolute Gasteiger partial charge is 0.308 e. The fraction of sp³-hybridized carbons (Fsp3) is 0.556. The van der Waals surface area contributed by atoms with Gasteiger partial charge in [-0.1, -0.05) is 0 Å². The number of carbonyl (C=O) groups is 1. The molecule has 2 rings (SSSR count). The van der Waals surface area contributed by atoms with Crippen LogP contribution in [0.1, 0.15) is 22.3 Å². The Balaban J connectivity index is 2.21. The van der Waals surface area contributed by atoms with Crippen LogP contribution in [0.3, 0.4) is 0 Å². The Labute approximate surface area is 86.0 Å². The van der Waals surface area contributed by atoms with Crippen molar-refractivity contribution < 1.29 is 9.90 Å². The first kappa shape index (κ1) is 9.61. The minimum Gasteiger partial charge on any atom is -0.481 e. The highest BCUT2D eigenvalue weighted by Crippen LogP contribution is 2.32. The Morgan fingerprint density at radius 1 is 1.79 bits per heavy atom. The van der Waals surface area contributed by atoms with E-state index in [4.69, 9.17) is 5.11 Å². The van der Waals surface area contributed by atoms with Crippen molar-refractivity contribution in [2.45, 2.75) is 19.4 Å². The highest BCUT2D eigenvalue weighted by Gasteiger charge is 2.34. The molecular weight excluding hydrogens is 200 g/mol. The summed E-state index contributed by atoms with van der Waals surface area (Å²) in [4.78, 5) is 16.1. The van der Waals surface area contributed by atoms with E-state index >= 15 is 0 Å². The van der Waals surface area contributed by atoms with Crippen molar-refractivity contribution in [1.29, 1.82) is 0 Å². The van der Waals surface area contributed by atoms with Crippen LogP contribution in [0.25, 0.3) is 0 Å². The third kappa shape index (κ3) is 1.65. The lowest BCUT2D eigenvalue weighted by molar-refractivity contribution is -0.142. The maximum Gasteiger partial charge on any atom is 0.308 e. The van der Waals surface area contributed by atoms with E-state index in [1.165, 1.54) is 0 Å². The molecule has 1 aromatic rings. The van der Waals surface area contributed by atoms with Crippen LogP contribution >= 0.6 is 11.3 Å². The molecule has 1 aliphatic rings. The highest BCUT2D eigenvalue weighted by molar-refractivity contribution is 7.11. The molecule has 1 saturated heterocycles. The van der Waals surface area contributed by atoms with E-state index in [1.807, 2.05) is 6.92 Å². The molecule has 2 atom stereocenters. The maximum atomic E-state index is 10.9. The van der Waals surface area contributed by atoms with Gasteiger partial charge in [-0.2, -0.15) is 0 Å². The molecule has 14 heavy (non-hydrogen) atoms. The van der Waals surface area contributed by atoms with E-state index in [-0.39, 0.29) is 12.0 Å². The lowest BCUT2D eigenvalue weighted by Gasteiger charge is -2.12. The van der Waals surface area contributed by atoms with Gasteiger partial charge in [-0.05, 0) is 19.9 Å². The van der Waals surface area contributed by atoms with Gasteiger partial charge in [0.25, 0.3) is 0 Å². The molecule has 2 unspecified atom stereocenters. The molecule has 5 heteroatoms. The van der Waals surface area contributed by atoms with Crippen LogP contribution in [0.4, 0.5) is 0 Å². The van der Waals surface area contributed by atoms with Gasteiger partial charge in [0.1, 0.15) is 0 Å². The zero-order chi connectivity index (χ0) is 10.1. The predicted octanol–water partition coefficient (Wildman–Crippen LogP) is 1.19. The normalized spacial score (nSPS) is 26.6. The third-order valence-electron chi connectivity index (χ3n) is 2.48. The molecule has 0 spiro atoms. The van der Waals surface area contributed by atoms with Crippen molar-refractivity contribution in [2.24, 2.45) is 5.92 Å². The van der Waals surface area contributed by atoms with Crippen LogP contribution in [-0.4, -0.2) is 22.6 Å². The Kier molecular flexibility index (Phi) is 2.52. The lowest BCUT2D eigenvalue weighted by atomic mass is 10.0. The molecule has 2 N–H and O–H groups in total. The molecule has 0 bridgehead atoms. The van der Waals surface area contributed by atoms with Crippen molar-refractivity contribution >= 4 is 17.3 Å². The molecule has 0 aliphatic carbocycles. The number of hydrogen-bond acceptors (Lipinski definition) is 4. The molecule has 2 heterocycles. The summed E-state index contributed by atoms with van der Waals surface area (Å²) >= 11 is 1.57. The Morgan fingerprint density at radius 2 is 2.57 bits per heavy atom. The fourth-order valence-electron chi connectivity index (χ4n) is 1.79. The average Bonchev–Trinajstić information content (AvgIpc) is 2.70. The monoisotopic (exact) mass is 212 g/mol. The summed E-state index contributed by atoms with van der Waals surface area (Å²) in [6, 6.07) is -0.0429. The molecule has 0 aromatic carbocycles. The first-order chi connectivity index (χ1) is 6.68. The SMILES string of the molecule is Cc1ncc(C2NCCC2C(=O)O)s1.